The van der Waals surface area contributed by atoms with Crippen LogP contribution >= 0.6 is 0 Å². The van der Waals surface area contributed by atoms with Gasteiger partial charge in [0.25, 0.3) is 0 Å². The molecule has 158 valence electrons. The molecule has 4 saturated carbocycles. The number of anilines is 1. The fourth-order valence-electron chi connectivity index (χ4n) is 6.80. The van der Waals surface area contributed by atoms with Gasteiger partial charge in [0.2, 0.25) is 15.9 Å². The van der Waals surface area contributed by atoms with E-state index in [4.69, 9.17) is 0 Å². The highest BCUT2D eigenvalue weighted by atomic mass is 32.2. The van der Waals surface area contributed by atoms with Crippen molar-refractivity contribution in [1.29, 1.82) is 0 Å². The summed E-state index contributed by atoms with van der Waals surface area (Å²) in [6.07, 6.45) is 7.06. The molecular formula is C22H31N3O3S. The Hall–Kier alpha value is -1.44. The van der Waals surface area contributed by atoms with Gasteiger partial charge in [-0.2, -0.15) is 4.31 Å². The number of carbonyl (C=O) groups is 1. The molecule has 6 nitrogen and oxygen atoms in total. The second-order valence-corrected chi connectivity index (χ2v) is 11.5. The first-order chi connectivity index (χ1) is 13.9. The lowest BCUT2D eigenvalue weighted by atomic mass is 9.54. The largest absolute Gasteiger partial charge is 0.326 e. The smallest absolute Gasteiger partial charge is 0.243 e. The molecule has 1 aliphatic heterocycles. The minimum absolute atomic E-state index is 0.165. The summed E-state index contributed by atoms with van der Waals surface area (Å²) in [6, 6.07) is 7.16. The number of carbonyl (C=O) groups excluding carboxylic acids is 1. The van der Waals surface area contributed by atoms with Crippen LogP contribution < -0.4 is 5.32 Å². The van der Waals surface area contributed by atoms with E-state index >= 15 is 0 Å². The summed E-state index contributed by atoms with van der Waals surface area (Å²) in [6.45, 7) is 4.26. The molecule has 1 aromatic rings. The van der Waals surface area contributed by atoms with Crippen molar-refractivity contribution in [3.63, 3.8) is 0 Å². The van der Waals surface area contributed by atoms with Gasteiger partial charge in [0.15, 0.2) is 0 Å². The monoisotopic (exact) mass is 417 g/mol. The van der Waals surface area contributed by atoms with Gasteiger partial charge in [-0.05, 0) is 80.0 Å². The number of nitrogens with zero attached hydrogens (tertiary/aromatic N) is 2. The maximum absolute atomic E-state index is 13.1. The predicted octanol–water partition coefficient (Wildman–Crippen LogP) is 2.78. The Morgan fingerprint density at radius 2 is 1.45 bits per heavy atom. The Bertz CT molecular complexity index is 847. The van der Waals surface area contributed by atoms with Crippen molar-refractivity contribution >= 4 is 21.6 Å². The van der Waals surface area contributed by atoms with Gasteiger partial charge in [0.05, 0.1) is 4.90 Å². The number of amides is 1. The lowest BCUT2D eigenvalue weighted by molar-refractivity contribution is -0.114. The third-order valence-electron chi connectivity index (χ3n) is 7.68. The zero-order chi connectivity index (χ0) is 20.2. The number of hydrogen-bond acceptors (Lipinski definition) is 4. The Labute approximate surface area is 173 Å². The molecule has 4 bridgehead atoms. The van der Waals surface area contributed by atoms with Gasteiger partial charge in [-0.15, -0.1) is 0 Å². The normalized spacial score (nSPS) is 35.0. The summed E-state index contributed by atoms with van der Waals surface area (Å²) < 4.78 is 27.8. The SMILES string of the molecule is CC(=O)Nc1ccc(S(=O)(=O)N2CCN(C3C4CC5CC(C4)CC3C5)CC2)cc1. The van der Waals surface area contributed by atoms with Crippen LogP contribution in [0.1, 0.15) is 39.0 Å². The van der Waals surface area contributed by atoms with Crippen LogP contribution in [-0.4, -0.2) is 55.8 Å². The molecule has 5 fully saturated rings. The van der Waals surface area contributed by atoms with E-state index in [9.17, 15) is 13.2 Å². The Morgan fingerprint density at radius 3 is 1.97 bits per heavy atom. The van der Waals surface area contributed by atoms with E-state index in [1.807, 2.05) is 0 Å². The summed E-state index contributed by atoms with van der Waals surface area (Å²) >= 11 is 0. The van der Waals surface area contributed by atoms with Crippen LogP contribution in [0.25, 0.3) is 0 Å². The predicted molar refractivity (Wildman–Crippen MR) is 112 cm³/mol. The highest BCUT2D eigenvalue weighted by Crippen LogP contribution is 2.55. The van der Waals surface area contributed by atoms with Gasteiger partial charge in [0, 0.05) is 44.8 Å². The van der Waals surface area contributed by atoms with Crippen molar-refractivity contribution < 1.29 is 13.2 Å². The molecule has 0 unspecified atom stereocenters. The molecule has 4 aliphatic carbocycles. The lowest BCUT2D eigenvalue weighted by Gasteiger charge is -2.58. The van der Waals surface area contributed by atoms with Crippen molar-refractivity contribution in [2.24, 2.45) is 23.7 Å². The fourth-order valence-corrected chi connectivity index (χ4v) is 8.22. The molecule has 1 aromatic carbocycles. The third kappa shape index (κ3) is 3.62. The number of benzene rings is 1. The summed E-state index contributed by atoms with van der Waals surface area (Å²) in [5.41, 5.74) is 0.614. The van der Waals surface area contributed by atoms with Crippen molar-refractivity contribution in [2.75, 3.05) is 31.5 Å². The Kier molecular flexibility index (Phi) is 4.95. The molecule has 1 N–H and O–H groups in total. The number of sulfonamides is 1. The Morgan fingerprint density at radius 1 is 0.897 bits per heavy atom. The Balaban J connectivity index is 1.24. The first-order valence-corrected chi connectivity index (χ1v) is 12.5. The van der Waals surface area contributed by atoms with Crippen molar-refractivity contribution in [3.05, 3.63) is 24.3 Å². The van der Waals surface area contributed by atoms with E-state index in [1.165, 1.54) is 39.0 Å². The molecule has 7 heteroatoms. The standard InChI is InChI=1S/C22H31N3O3S/c1-15(26)23-20-2-4-21(5-3-20)29(27,28)25-8-6-24(7-9-25)22-18-11-16-10-17(13-18)14-19(22)12-16/h2-5,16-19,22H,6-14H2,1H3,(H,23,26). The van der Waals surface area contributed by atoms with E-state index in [0.29, 0.717) is 29.7 Å². The van der Waals surface area contributed by atoms with E-state index in [1.54, 1.807) is 28.6 Å². The van der Waals surface area contributed by atoms with Gasteiger partial charge in [-0.25, -0.2) is 8.42 Å². The molecule has 1 heterocycles. The van der Waals surface area contributed by atoms with Crippen LogP contribution in [0.3, 0.4) is 0 Å². The molecule has 0 aromatic heterocycles. The van der Waals surface area contributed by atoms with E-state index < -0.39 is 10.0 Å². The summed E-state index contributed by atoms with van der Waals surface area (Å²) in [7, 11) is -3.49. The van der Waals surface area contributed by atoms with Crippen molar-refractivity contribution in [1.82, 2.24) is 9.21 Å². The second kappa shape index (κ2) is 7.36. The first-order valence-electron chi connectivity index (χ1n) is 11.0. The zero-order valence-corrected chi connectivity index (χ0v) is 17.9. The minimum atomic E-state index is -3.49. The number of rotatable bonds is 4. The lowest BCUT2D eigenvalue weighted by Crippen LogP contribution is -2.60. The van der Waals surface area contributed by atoms with Crippen LogP contribution in [0.15, 0.2) is 29.2 Å². The molecule has 0 atom stereocenters. The van der Waals surface area contributed by atoms with Gasteiger partial charge < -0.3 is 5.32 Å². The molecule has 1 saturated heterocycles. The van der Waals surface area contributed by atoms with Gasteiger partial charge in [0.1, 0.15) is 0 Å². The maximum Gasteiger partial charge on any atom is 0.243 e. The molecule has 29 heavy (non-hydrogen) atoms. The van der Waals surface area contributed by atoms with E-state index in [-0.39, 0.29) is 5.91 Å². The van der Waals surface area contributed by atoms with Crippen LogP contribution in [0.2, 0.25) is 0 Å². The van der Waals surface area contributed by atoms with E-state index in [0.717, 1.165) is 36.8 Å². The quantitative estimate of drug-likeness (QED) is 0.818. The maximum atomic E-state index is 13.1. The van der Waals surface area contributed by atoms with Crippen LogP contribution in [-0.2, 0) is 14.8 Å². The average molecular weight is 418 g/mol. The zero-order valence-electron chi connectivity index (χ0n) is 17.1. The van der Waals surface area contributed by atoms with Crippen LogP contribution in [0, 0.1) is 23.7 Å². The molecule has 0 spiro atoms. The van der Waals surface area contributed by atoms with Gasteiger partial charge in [-0.1, -0.05) is 0 Å². The van der Waals surface area contributed by atoms with Gasteiger partial charge in [-0.3, -0.25) is 9.69 Å². The highest BCUT2D eigenvalue weighted by Gasteiger charge is 2.50. The molecule has 0 radical (unpaired) electrons. The number of hydrogen-bond donors (Lipinski definition) is 1. The second-order valence-electron chi connectivity index (χ2n) is 9.57. The molecule has 6 rings (SSSR count). The summed E-state index contributed by atoms with van der Waals surface area (Å²) in [4.78, 5) is 14.1. The molecular weight excluding hydrogens is 386 g/mol. The average Bonchev–Trinajstić information content (AvgIpc) is 2.67. The van der Waals surface area contributed by atoms with Crippen molar-refractivity contribution in [3.8, 4) is 0 Å². The van der Waals surface area contributed by atoms with Crippen molar-refractivity contribution in [2.45, 2.75) is 50.0 Å². The van der Waals surface area contributed by atoms with Crippen LogP contribution in [0.4, 0.5) is 5.69 Å². The van der Waals surface area contributed by atoms with Crippen LogP contribution in [0.5, 0.6) is 0 Å². The van der Waals surface area contributed by atoms with E-state index in [2.05, 4.69) is 10.2 Å². The highest BCUT2D eigenvalue weighted by molar-refractivity contribution is 7.89. The fraction of sp³-hybridized carbons (Fsp3) is 0.682. The van der Waals surface area contributed by atoms with Gasteiger partial charge >= 0.3 is 0 Å². The summed E-state index contributed by atoms with van der Waals surface area (Å²) in [5.74, 6) is 3.46. The topological polar surface area (TPSA) is 69.7 Å². The summed E-state index contributed by atoms with van der Waals surface area (Å²) in [5, 5.41) is 2.68. The third-order valence-corrected chi connectivity index (χ3v) is 9.60. The minimum Gasteiger partial charge on any atom is -0.326 e. The first kappa shape index (κ1) is 19.5. The number of nitrogens with one attached hydrogen (secondary N) is 1. The number of piperazine rings is 1. The molecule has 1 amide bonds. The molecule has 5 aliphatic rings.